The van der Waals surface area contributed by atoms with Gasteiger partial charge in [-0.1, -0.05) is 218 Å². The van der Waals surface area contributed by atoms with Gasteiger partial charge < -0.3 is 0 Å². The molecular weight excluding hydrogens is 845 g/mol. The summed E-state index contributed by atoms with van der Waals surface area (Å²) in [6, 6.07) is 92.7. The maximum absolute atomic E-state index is 4.57. The molecule has 334 valence electrons. The Labute approximate surface area is 412 Å². The average molecular weight is 897 g/mol. The second-order valence-corrected chi connectivity index (χ2v) is 18.1. The van der Waals surface area contributed by atoms with Gasteiger partial charge in [-0.25, -0.2) is 0 Å². The first-order valence-corrected chi connectivity index (χ1v) is 24.4. The van der Waals surface area contributed by atoms with Crippen molar-refractivity contribution in [1.82, 2.24) is 9.97 Å². The molecule has 0 spiro atoms. The largest absolute Gasteiger partial charge is 0.256 e. The maximum Gasteiger partial charge on any atom is 0.0701 e. The van der Waals surface area contributed by atoms with Crippen LogP contribution in [-0.2, 0) is 25.7 Å². The van der Waals surface area contributed by atoms with Gasteiger partial charge in [0.25, 0.3) is 0 Å². The molecule has 2 nitrogen and oxygen atoms in total. The summed E-state index contributed by atoms with van der Waals surface area (Å²) in [4.78, 5) is 9.15. The van der Waals surface area contributed by atoms with Crippen LogP contribution in [0.25, 0.3) is 89.3 Å². The fourth-order valence-electron chi connectivity index (χ4n) is 9.68. The molecule has 2 heteroatoms. The SMILES string of the molecule is c1ccc(-c2ccc(-c3cc(-c4cccc(-c5ccccc5)c4)ccc3-c3ccccc3-c3cc(CCc4ccc(-c5ccccn5)cc4)cc(CCc4ccc(-c5ccccn5)cc4)c3)cc2)cc1. The molecular formula is C68H52N2. The average Bonchev–Trinajstić information content (AvgIpc) is 3.45. The Bertz CT molecular complexity index is 3370. The van der Waals surface area contributed by atoms with Crippen LogP contribution in [0.15, 0.2) is 267 Å². The molecule has 9 aromatic carbocycles. The highest BCUT2D eigenvalue weighted by atomic mass is 14.7. The Hall–Kier alpha value is -8.72. The van der Waals surface area contributed by atoms with E-state index in [9.17, 15) is 0 Å². The molecule has 0 saturated heterocycles. The molecule has 0 aliphatic carbocycles. The predicted octanol–water partition coefficient (Wildman–Crippen LogP) is 17.4. The summed E-state index contributed by atoms with van der Waals surface area (Å²) < 4.78 is 0. The van der Waals surface area contributed by atoms with Gasteiger partial charge in [0.2, 0.25) is 0 Å². The number of rotatable bonds is 14. The highest BCUT2D eigenvalue weighted by Gasteiger charge is 2.17. The number of aryl methyl sites for hydroxylation is 4. The van der Waals surface area contributed by atoms with Crippen LogP contribution in [0, 0.1) is 0 Å². The number of benzene rings is 9. The first-order chi connectivity index (χ1) is 34.7. The van der Waals surface area contributed by atoms with Crippen molar-refractivity contribution in [1.29, 1.82) is 0 Å². The van der Waals surface area contributed by atoms with E-state index in [1.807, 2.05) is 36.7 Å². The van der Waals surface area contributed by atoms with E-state index in [1.54, 1.807) is 0 Å². The van der Waals surface area contributed by atoms with E-state index >= 15 is 0 Å². The van der Waals surface area contributed by atoms with E-state index in [2.05, 4.69) is 240 Å². The number of nitrogens with zero attached hydrogens (tertiary/aromatic N) is 2. The molecule has 2 heterocycles. The van der Waals surface area contributed by atoms with Gasteiger partial charge in [-0.05, 0) is 151 Å². The summed E-state index contributed by atoms with van der Waals surface area (Å²) in [6.07, 6.45) is 7.46. The molecule has 0 fully saturated rings. The molecule has 2 aromatic heterocycles. The van der Waals surface area contributed by atoms with Gasteiger partial charge in [-0.3, -0.25) is 9.97 Å². The third-order valence-electron chi connectivity index (χ3n) is 13.4. The fraction of sp³-hybridized carbons (Fsp3) is 0.0588. The first kappa shape index (κ1) is 43.8. The number of aromatic nitrogens is 2. The van der Waals surface area contributed by atoms with Crippen molar-refractivity contribution < 1.29 is 0 Å². The molecule has 0 unspecified atom stereocenters. The molecule has 11 aromatic rings. The van der Waals surface area contributed by atoms with Crippen LogP contribution in [0.3, 0.4) is 0 Å². The second-order valence-electron chi connectivity index (χ2n) is 18.1. The van der Waals surface area contributed by atoms with Crippen molar-refractivity contribution in [3.63, 3.8) is 0 Å². The maximum atomic E-state index is 4.57. The van der Waals surface area contributed by atoms with Crippen LogP contribution >= 0.6 is 0 Å². The number of hydrogen-bond acceptors (Lipinski definition) is 2. The fourth-order valence-corrected chi connectivity index (χ4v) is 9.68. The second kappa shape index (κ2) is 20.7. The molecule has 0 radical (unpaired) electrons. The minimum absolute atomic E-state index is 0.931. The smallest absolute Gasteiger partial charge is 0.0701 e. The highest BCUT2D eigenvalue weighted by Crippen LogP contribution is 2.42. The van der Waals surface area contributed by atoms with Gasteiger partial charge in [0.1, 0.15) is 0 Å². The van der Waals surface area contributed by atoms with Crippen LogP contribution < -0.4 is 0 Å². The van der Waals surface area contributed by atoms with Crippen molar-refractivity contribution in [3.8, 4) is 89.3 Å². The lowest BCUT2D eigenvalue weighted by atomic mass is 9.86. The topological polar surface area (TPSA) is 25.8 Å². The van der Waals surface area contributed by atoms with Gasteiger partial charge in [-0.15, -0.1) is 0 Å². The summed E-state index contributed by atoms with van der Waals surface area (Å²) in [7, 11) is 0. The molecule has 0 amide bonds. The van der Waals surface area contributed by atoms with Gasteiger partial charge >= 0.3 is 0 Å². The molecule has 0 atom stereocenters. The van der Waals surface area contributed by atoms with Gasteiger partial charge in [0.05, 0.1) is 11.4 Å². The van der Waals surface area contributed by atoms with E-state index in [0.29, 0.717) is 0 Å². The quantitative estimate of drug-likeness (QED) is 0.109. The highest BCUT2D eigenvalue weighted by molar-refractivity contribution is 5.94. The minimum atomic E-state index is 0.931. The number of pyridine rings is 2. The normalized spacial score (nSPS) is 11.1. The molecule has 0 aliphatic heterocycles. The Morgan fingerprint density at radius 3 is 1.16 bits per heavy atom. The van der Waals surface area contributed by atoms with E-state index in [4.69, 9.17) is 0 Å². The van der Waals surface area contributed by atoms with Crippen molar-refractivity contribution >= 4 is 0 Å². The van der Waals surface area contributed by atoms with E-state index in [0.717, 1.165) is 48.2 Å². The summed E-state index contributed by atoms with van der Waals surface area (Å²) >= 11 is 0. The predicted molar refractivity (Wildman–Crippen MR) is 293 cm³/mol. The number of hydrogen-bond donors (Lipinski definition) is 0. The van der Waals surface area contributed by atoms with Gasteiger partial charge in [0, 0.05) is 23.5 Å². The Morgan fingerprint density at radius 1 is 0.200 bits per heavy atom. The molecule has 0 saturated carbocycles. The van der Waals surface area contributed by atoms with E-state index in [-0.39, 0.29) is 0 Å². The lowest BCUT2D eigenvalue weighted by Gasteiger charge is -2.18. The van der Waals surface area contributed by atoms with Crippen LogP contribution in [0.4, 0.5) is 0 Å². The minimum Gasteiger partial charge on any atom is -0.256 e. The third-order valence-corrected chi connectivity index (χ3v) is 13.4. The molecule has 70 heavy (non-hydrogen) atoms. The Balaban J connectivity index is 0.969. The zero-order valence-corrected chi connectivity index (χ0v) is 39.1. The van der Waals surface area contributed by atoms with Crippen LogP contribution in [0.2, 0.25) is 0 Å². The molecule has 11 rings (SSSR count). The van der Waals surface area contributed by atoms with Crippen molar-refractivity contribution in [2.75, 3.05) is 0 Å². The van der Waals surface area contributed by atoms with Crippen molar-refractivity contribution in [3.05, 3.63) is 289 Å². The zero-order chi connectivity index (χ0) is 46.9. The van der Waals surface area contributed by atoms with Crippen LogP contribution in [-0.4, -0.2) is 9.97 Å². The van der Waals surface area contributed by atoms with Crippen molar-refractivity contribution in [2.45, 2.75) is 25.7 Å². The molecule has 0 N–H and O–H groups in total. The Kier molecular flexibility index (Phi) is 12.9. The van der Waals surface area contributed by atoms with Crippen LogP contribution in [0.1, 0.15) is 22.3 Å². The third kappa shape index (κ3) is 10.1. The first-order valence-electron chi connectivity index (χ1n) is 24.4. The van der Waals surface area contributed by atoms with E-state index in [1.165, 1.54) is 89.0 Å². The summed E-state index contributed by atoms with van der Waals surface area (Å²) in [6.45, 7) is 0. The van der Waals surface area contributed by atoms with E-state index < -0.39 is 0 Å². The zero-order valence-electron chi connectivity index (χ0n) is 39.1. The summed E-state index contributed by atoms with van der Waals surface area (Å²) in [5.74, 6) is 0. The molecule has 0 aliphatic rings. The lowest BCUT2D eigenvalue weighted by molar-refractivity contribution is 0.931. The molecule has 0 bridgehead atoms. The van der Waals surface area contributed by atoms with Gasteiger partial charge in [0.15, 0.2) is 0 Å². The Morgan fingerprint density at radius 2 is 0.600 bits per heavy atom. The summed E-state index contributed by atoms with van der Waals surface area (Å²) in [5.41, 5.74) is 24.1. The van der Waals surface area contributed by atoms with Gasteiger partial charge in [-0.2, -0.15) is 0 Å². The standard InChI is InChI=1S/C68H52N2/c1-3-14-53(15-4-1)55-36-38-56(39-37-55)66-48-61(60-19-13-18-59(47-60)54-16-5-2-6-17-54)40-41-65(66)64-21-8-7-20-63(64)62-45-51(26-24-49-28-32-57(33-29-49)67-22-9-11-42-69-67)44-52(46-62)27-25-50-30-34-58(35-31-50)68-23-10-12-43-70-68/h1-23,28-48H,24-27H2. The monoisotopic (exact) mass is 896 g/mol. The summed E-state index contributed by atoms with van der Waals surface area (Å²) in [5, 5.41) is 0. The van der Waals surface area contributed by atoms with Crippen LogP contribution in [0.5, 0.6) is 0 Å². The lowest BCUT2D eigenvalue weighted by Crippen LogP contribution is -1.98. The van der Waals surface area contributed by atoms with Crippen molar-refractivity contribution in [2.24, 2.45) is 0 Å².